The molecule has 29 heavy (non-hydrogen) atoms. The Labute approximate surface area is 169 Å². The van der Waals surface area contributed by atoms with Gasteiger partial charge < -0.3 is 16.2 Å². The van der Waals surface area contributed by atoms with Crippen LogP contribution in [-0.2, 0) is 18.3 Å². The van der Waals surface area contributed by atoms with Crippen LogP contribution in [-0.4, -0.2) is 37.8 Å². The highest BCUT2D eigenvalue weighted by molar-refractivity contribution is 5.80. The minimum atomic E-state index is -0.141. The molecule has 0 unspecified atom stereocenters. The minimum Gasteiger partial charge on any atom is -0.395 e. The molecule has 8 heteroatoms. The maximum absolute atomic E-state index is 9.63. The predicted molar refractivity (Wildman–Crippen MR) is 112 cm³/mol. The van der Waals surface area contributed by atoms with Crippen molar-refractivity contribution in [2.45, 2.75) is 44.9 Å². The first-order chi connectivity index (χ1) is 14.0. The summed E-state index contributed by atoms with van der Waals surface area (Å²) in [6.07, 6.45) is 3.45. The van der Waals surface area contributed by atoms with Gasteiger partial charge in [-0.15, -0.1) is 0 Å². The van der Waals surface area contributed by atoms with Crippen LogP contribution in [0.3, 0.4) is 0 Å². The maximum Gasteiger partial charge on any atom is 0.268 e. The number of hydrogen-bond acceptors (Lipinski definition) is 6. The van der Waals surface area contributed by atoms with E-state index < -0.39 is 0 Å². The number of aliphatic hydroxyl groups excluding tert-OH is 1. The lowest BCUT2D eigenvalue weighted by Gasteiger charge is -2.13. The second kappa shape index (κ2) is 7.33. The molecule has 1 aliphatic carbocycles. The van der Waals surface area contributed by atoms with Crippen LogP contribution in [0.5, 0.6) is 0 Å². The van der Waals surface area contributed by atoms with Gasteiger partial charge in [0.05, 0.1) is 18.9 Å². The molecule has 1 aliphatic rings. The van der Waals surface area contributed by atoms with Crippen LogP contribution in [0.25, 0.3) is 10.5 Å². The van der Waals surface area contributed by atoms with Gasteiger partial charge in [0.1, 0.15) is 11.6 Å². The standard InChI is InChI=1S/C21H25N7O/c1-4-15-13(2)27-28-18(22)17(23-3)19(26-20(15)28)24-11-8-14-6-5-7-16(25-14)21(12-29)9-10-21/h5-7,29H,4,8-12,22H2,1-2H3,(H,24,26). The van der Waals surface area contributed by atoms with Crippen molar-refractivity contribution >= 4 is 23.0 Å². The van der Waals surface area contributed by atoms with E-state index in [1.807, 2.05) is 25.1 Å². The average molecular weight is 391 g/mol. The molecule has 150 valence electrons. The lowest BCUT2D eigenvalue weighted by Crippen LogP contribution is -2.16. The van der Waals surface area contributed by atoms with Crippen molar-refractivity contribution in [3.05, 3.63) is 52.3 Å². The van der Waals surface area contributed by atoms with E-state index in [4.69, 9.17) is 17.3 Å². The Morgan fingerprint density at radius 3 is 2.79 bits per heavy atom. The molecule has 8 nitrogen and oxygen atoms in total. The zero-order chi connectivity index (χ0) is 20.6. The quantitative estimate of drug-likeness (QED) is 0.535. The summed E-state index contributed by atoms with van der Waals surface area (Å²) in [7, 11) is 0. The van der Waals surface area contributed by atoms with Gasteiger partial charge >= 0.3 is 0 Å². The average Bonchev–Trinajstić information content (AvgIpc) is 3.46. The van der Waals surface area contributed by atoms with Crippen LogP contribution in [0.2, 0.25) is 0 Å². The maximum atomic E-state index is 9.63. The van der Waals surface area contributed by atoms with Crippen LogP contribution in [0.4, 0.5) is 17.3 Å². The summed E-state index contributed by atoms with van der Waals surface area (Å²) in [5.41, 5.74) is 10.9. The molecule has 0 aliphatic heterocycles. The normalized spacial score (nSPS) is 14.7. The fourth-order valence-corrected chi connectivity index (χ4v) is 3.73. The Hall–Kier alpha value is -3.18. The number of nitrogens with two attached hydrogens (primary N) is 1. The zero-order valence-corrected chi connectivity index (χ0v) is 16.7. The molecule has 3 heterocycles. The SMILES string of the molecule is [C-]#[N+]c1c(NCCc2cccc(C3(CO)CC3)n2)nc2c(CC)c(C)nn2c1N. The number of aliphatic hydroxyl groups is 1. The highest BCUT2D eigenvalue weighted by Gasteiger charge is 2.45. The predicted octanol–water partition coefficient (Wildman–Crippen LogP) is 2.81. The Balaban J connectivity index is 1.56. The molecule has 4 N–H and O–H groups in total. The van der Waals surface area contributed by atoms with Crippen LogP contribution < -0.4 is 11.1 Å². The number of aryl methyl sites for hydroxylation is 2. The lowest BCUT2D eigenvalue weighted by molar-refractivity contribution is 0.252. The number of hydrogen-bond donors (Lipinski definition) is 3. The number of pyridine rings is 1. The van der Waals surface area contributed by atoms with Gasteiger partial charge in [-0.2, -0.15) is 5.10 Å². The van der Waals surface area contributed by atoms with Gasteiger partial charge in [0.25, 0.3) is 5.69 Å². The summed E-state index contributed by atoms with van der Waals surface area (Å²) in [5, 5.41) is 17.3. The van der Waals surface area contributed by atoms with Crippen molar-refractivity contribution in [1.82, 2.24) is 19.6 Å². The van der Waals surface area contributed by atoms with Gasteiger partial charge in [0.2, 0.25) is 0 Å². The molecular weight excluding hydrogens is 366 g/mol. The van der Waals surface area contributed by atoms with Crippen molar-refractivity contribution in [2.75, 3.05) is 24.2 Å². The lowest BCUT2D eigenvalue weighted by atomic mass is 10.0. The van der Waals surface area contributed by atoms with Gasteiger partial charge in [0.15, 0.2) is 5.65 Å². The molecule has 0 atom stereocenters. The van der Waals surface area contributed by atoms with Gasteiger partial charge in [-0.1, -0.05) is 13.0 Å². The monoisotopic (exact) mass is 391 g/mol. The van der Waals surface area contributed by atoms with E-state index in [1.165, 1.54) is 0 Å². The molecule has 3 aromatic rings. The number of nitrogen functional groups attached to an aromatic ring is 1. The molecule has 0 radical (unpaired) electrons. The van der Waals surface area contributed by atoms with E-state index in [1.54, 1.807) is 4.52 Å². The van der Waals surface area contributed by atoms with E-state index in [-0.39, 0.29) is 17.7 Å². The number of nitrogens with zero attached hydrogens (tertiary/aromatic N) is 5. The van der Waals surface area contributed by atoms with E-state index in [2.05, 4.69) is 27.2 Å². The molecule has 4 rings (SSSR count). The second-order valence-corrected chi connectivity index (χ2v) is 7.59. The van der Waals surface area contributed by atoms with E-state index in [0.717, 1.165) is 41.9 Å². The largest absolute Gasteiger partial charge is 0.395 e. The number of rotatable bonds is 7. The summed E-state index contributed by atoms with van der Waals surface area (Å²) >= 11 is 0. The molecule has 0 aromatic carbocycles. The summed E-state index contributed by atoms with van der Waals surface area (Å²) < 4.78 is 1.56. The zero-order valence-electron chi connectivity index (χ0n) is 16.7. The fraction of sp³-hybridized carbons (Fsp3) is 0.429. The first-order valence-corrected chi connectivity index (χ1v) is 9.89. The highest BCUT2D eigenvalue weighted by Crippen LogP contribution is 2.46. The number of aromatic nitrogens is 4. The Morgan fingerprint density at radius 2 is 2.14 bits per heavy atom. The Morgan fingerprint density at radius 1 is 1.34 bits per heavy atom. The van der Waals surface area contributed by atoms with Gasteiger partial charge in [0, 0.05) is 35.3 Å². The molecule has 1 fully saturated rings. The molecule has 0 spiro atoms. The van der Waals surface area contributed by atoms with Crippen LogP contribution >= 0.6 is 0 Å². The third-order valence-electron chi connectivity index (χ3n) is 5.72. The van der Waals surface area contributed by atoms with Gasteiger partial charge in [-0.25, -0.2) is 14.3 Å². The molecule has 3 aromatic heterocycles. The van der Waals surface area contributed by atoms with Crippen LogP contribution in [0.1, 0.15) is 42.4 Å². The summed E-state index contributed by atoms with van der Waals surface area (Å²) in [4.78, 5) is 13.0. The van der Waals surface area contributed by atoms with Crippen LogP contribution in [0, 0.1) is 13.5 Å². The number of nitrogens with one attached hydrogen (secondary N) is 1. The first-order valence-electron chi connectivity index (χ1n) is 9.89. The van der Waals surface area contributed by atoms with Crippen molar-refractivity contribution in [2.24, 2.45) is 0 Å². The third kappa shape index (κ3) is 3.28. The summed E-state index contributed by atoms with van der Waals surface area (Å²) in [5.74, 6) is 0.777. The third-order valence-corrected chi connectivity index (χ3v) is 5.72. The van der Waals surface area contributed by atoms with Crippen molar-refractivity contribution in [3.63, 3.8) is 0 Å². The second-order valence-electron chi connectivity index (χ2n) is 7.59. The molecule has 0 bridgehead atoms. The topological polar surface area (TPSA) is 106 Å². The van der Waals surface area contributed by atoms with Crippen molar-refractivity contribution in [3.8, 4) is 0 Å². The van der Waals surface area contributed by atoms with E-state index >= 15 is 0 Å². The molecule has 0 amide bonds. The van der Waals surface area contributed by atoms with Crippen molar-refractivity contribution in [1.29, 1.82) is 0 Å². The van der Waals surface area contributed by atoms with Crippen LogP contribution in [0.15, 0.2) is 18.2 Å². The molecule has 1 saturated carbocycles. The van der Waals surface area contributed by atoms with Gasteiger partial charge in [-0.3, -0.25) is 4.98 Å². The molecule has 0 saturated heterocycles. The molecular formula is C21H25N7O. The van der Waals surface area contributed by atoms with Gasteiger partial charge in [-0.05, 0) is 38.3 Å². The Kier molecular flexibility index (Phi) is 4.84. The number of anilines is 2. The van der Waals surface area contributed by atoms with Crippen molar-refractivity contribution < 1.29 is 5.11 Å². The highest BCUT2D eigenvalue weighted by atomic mass is 16.3. The smallest absolute Gasteiger partial charge is 0.268 e. The summed E-state index contributed by atoms with van der Waals surface area (Å²) in [6.45, 7) is 12.2. The fourth-order valence-electron chi connectivity index (χ4n) is 3.73. The van der Waals surface area contributed by atoms with E-state index in [0.29, 0.717) is 30.2 Å². The van der Waals surface area contributed by atoms with E-state index in [9.17, 15) is 5.11 Å². The Bertz CT molecular complexity index is 1110. The first kappa shape index (κ1) is 19.2. The summed E-state index contributed by atoms with van der Waals surface area (Å²) in [6, 6.07) is 5.96. The minimum absolute atomic E-state index is 0.141. The number of fused-ring (bicyclic) bond motifs is 1.